The van der Waals surface area contributed by atoms with Gasteiger partial charge in [-0.2, -0.15) is 11.1 Å². The monoisotopic (exact) mass is 677 g/mol. The number of hydrogen-bond donors (Lipinski definition) is 1. The van der Waals surface area contributed by atoms with Crippen LogP contribution in [-0.2, 0) is 21.1 Å². The molecule has 0 aliphatic carbocycles. The molecule has 0 radical (unpaired) electrons. The van der Waals surface area contributed by atoms with Crippen LogP contribution in [0.5, 0.6) is 5.75 Å². The summed E-state index contributed by atoms with van der Waals surface area (Å²) in [5.41, 5.74) is 2.81. The molecule has 186 valence electrons. The van der Waals surface area contributed by atoms with Gasteiger partial charge in [0, 0.05) is 23.7 Å². The van der Waals surface area contributed by atoms with Crippen molar-refractivity contribution < 1.29 is 35.3 Å². The van der Waals surface area contributed by atoms with Gasteiger partial charge in [0.1, 0.15) is 5.82 Å². The van der Waals surface area contributed by atoms with Gasteiger partial charge >= 0.3 is 21.1 Å². The summed E-state index contributed by atoms with van der Waals surface area (Å²) in [6.07, 6.45) is 15.8. The number of pyridine rings is 2. The first-order chi connectivity index (χ1) is 18.3. The van der Waals surface area contributed by atoms with E-state index in [4.69, 9.17) is 4.74 Å². The summed E-state index contributed by atoms with van der Waals surface area (Å²) in [6, 6.07) is 27.2. The molecule has 0 saturated heterocycles. The quantitative estimate of drug-likeness (QED) is 0.208. The van der Waals surface area contributed by atoms with Crippen LogP contribution >= 0.6 is 0 Å². The van der Waals surface area contributed by atoms with Crippen molar-refractivity contribution >= 4 is 27.3 Å². The Labute approximate surface area is 232 Å². The second-order valence-corrected chi connectivity index (χ2v) is 8.53. The Balaban J connectivity index is 0.00000264. The molecule has 0 amide bonds. The van der Waals surface area contributed by atoms with E-state index < -0.39 is 0 Å². The molecule has 0 fully saturated rings. The Morgan fingerprint density at radius 3 is 2.63 bits per heavy atom. The van der Waals surface area contributed by atoms with Crippen LogP contribution in [0.25, 0.3) is 33.1 Å². The summed E-state index contributed by atoms with van der Waals surface area (Å²) in [5, 5.41) is 14.9. The van der Waals surface area contributed by atoms with Crippen LogP contribution < -0.4 is 14.1 Å². The van der Waals surface area contributed by atoms with Gasteiger partial charge in [0.25, 0.3) is 12.2 Å². The SMILES string of the molecule is OC1=C(Oc2[c-]c3c(cc2)c2ccccc2n3-c2ccccn2)C=CC=CN1n1[c-][n+]2ccccc2c1.[Pt+2]. The summed E-state index contributed by atoms with van der Waals surface area (Å²) >= 11 is 0. The zero-order valence-corrected chi connectivity index (χ0v) is 22.1. The van der Waals surface area contributed by atoms with E-state index in [1.807, 2.05) is 89.6 Å². The van der Waals surface area contributed by atoms with Crippen molar-refractivity contribution in [2.45, 2.75) is 0 Å². The predicted octanol–water partition coefficient (Wildman–Crippen LogP) is 5.14. The fraction of sp³-hybridized carbons (Fsp3) is 0. The molecule has 6 aromatic rings. The van der Waals surface area contributed by atoms with Gasteiger partial charge in [-0.25, -0.2) is 9.66 Å². The normalized spacial score (nSPS) is 13.3. The Hall–Kier alpha value is -4.61. The Morgan fingerprint density at radius 1 is 0.895 bits per heavy atom. The first kappa shape index (κ1) is 23.8. The van der Waals surface area contributed by atoms with Crippen molar-refractivity contribution in [1.82, 2.24) is 14.2 Å². The van der Waals surface area contributed by atoms with Gasteiger partial charge in [-0.3, -0.25) is 0 Å². The molecule has 2 aromatic carbocycles. The van der Waals surface area contributed by atoms with Crippen LogP contribution in [0.4, 0.5) is 0 Å². The number of ether oxygens (including phenoxy) is 1. The molecule has 1 aliphatic rings. The smallest absolute Gasteiger partial charge is 0.490 e. The van der Waals surface area contributed by atoms with E-state index in [1.54, 1.807) is 28.2 Å². The summed E-state index contributed by atoms with van der Waals surface area (Å²) in [6.45, 7) is 0. The van der Waals surface area contributed by atoms with Crippen molar-refractivity contribution in [2.75, 3.05) is 5.01 Å². The van der Waals surface area contributed by atoms with Crippen LogP contribution in [0, 0.1) is 12.4 Å². The van der Waals surface area contributed by atoms with Crippen LogP contribution in [0.2, 0.25) is 0 Å². The molecule has 0 saturated carbocycles. The number of allylic oxidation sites excluding steroid dienone is 3. The maximum atomic E-state index is 11.2. The standard InChI is InChI=1S/C30H20N5O2.Pt/c36-30-28(12-5-8-18-34(30)33-20-22-9-4-7-17-32(22)21-33)37-23-14-15-25-24-10-1-2-11-26(24)35(27(25)19-23)29-13-3-6-16-31-29;/h1-18,20,36H;/q-1;+2. The largest absolute Gasteiger partial charge is 2.00 e. The molecule has 4 aromatic heterocycles. The molecule has 1 aliphatic heterocycles. The molecule has 7 nitrogen and oxygen atoms in total. The Bertz CT molecular complexity index is 1850. The minimum absolute atomic E-state index is 0. The van der Waals surface area contributed by atoms with Crippen molar-refractivity contribution in [1.29, 1.82) is 0 Å². The first-order valence-corrected chi connectivity index (χ1v) is 11.8. The molecule has 0 atom stereocenters. The van der Waals surface area contributed by atoms with Gasteiger partial charge in [-0.05, 0) is 35.7 Å². The van der Waals surface area contributed by atoms with Crippen LogP contribution in [0.1, 0.15) is 0 Å². The zero-order valence-electron chi connectivity index (χ0n) is 19.9. The number of rotatable bonds is 4. The second-order valence-electron chi connectivity index (χ2n) is 8.53. The van der Waals surface area contributed by atoms with Gasteiger partial charge in [0.05, 0.1) is 17.9 Å². The third-order valence-electron chi connectivity index (χ3n) is 6.27. The fourth-order valence-corrected chi connectivity index (χ4v) is 4.59. The van der Waals surface area contributed by atoms with Crippen molar-refractivity contribution in [3.8, 4) is 11.6 Å². The van der Waals surface area contributed by atoms with Gasteiger partial charge in [-0.15, -0.1) is 17.5 Å². The predicted molar refractivity (Wildman–Crippen MR) is 141 cm³/mol. The van der Waals surface area contributed by atoms with Crippen molar-refractivity contribution in [3.05, 3.63) is 140 Å². The molecular formula is C30H20N5O2Pt+. The first-order valence-electron chi connectivity index (χ1n) is 11.8. The third-order valence-corrected chi connectivity index (χ3v) is 6.27. The van der Waals surface area contributed by atoms with Crippen molar-refractivity contribution in [3.63, 3.8) is 0 Å². The molecule has 1 N–H and O–H groups in total. The molecular weight excluding hydrogens is 657 g/mol. The molecule has 38 heavy (non-hydrogen) atoms. The Kier molecular flexibility index (Phi) is 6.06. The Morgan fingerprint density at radius 2 is 1.76 bits per heavy atom. The number of nitrogens with zero attached hydrogens (tertiary/aromatic N) is 5. The van der Waals surface area contributed by atoms with E-state index in [0.29, 0.717) is 5.75 Å². The fourth-order valence-electron chi connectivity index (χ4n) is 4.59. The third kappa shape index (κ3) is 3.98. The zero-order chi connectivity index (χ0) is 24.8. The van der Waals surface area contributed by atoms with Gasteiger partial charge < -0.3 is 18.8 Å². The number of aliphatic hydroxyl groups is 1. The number of para-hydroxylation sites is 1. The summed E-state index contributed by atoms with van der Waals surface area (Å²) in [5.74, 6) is 1.45. The van der Waals surface area contributed by atoms with Gasteiger partial charge in [0.15, 0.2) is 5.76 Å². The summed E-state index contributed by atoms with van der Waals surface area (Å²) in [4.78, 5) is 4.57. The van der Waals surface area contributed by atoms with E-state index in [2.05, 4.69) is 34.1 Å². The minimum atomic E-state index is -0.0825. The van der Waals surface area contributed by atoms with E-state index in [-0.39, 0.29) is 32.7 Å². The summed E-state index contributed by atoms with van der Waals surface area (Å²) in [7, 11) is 0. The number of hydrogen-bond acceptors (Lipinski definition) is 4. The number of fused-ring (bicyclic) bond motifs is 4. The van der Waals surface area contributed by atoms with E-state index in [0.717, 1.165) is 33.1 Å². The summed E-state index contributed by atoms with van der Waals surface area (Å²) < 4.78 is 11.8. The molecule has 7 rings (SSSR count). The van der Waals surface area contributed by atoms with Crippen LogP contribution in [-0.4, -0.2) is 19.3 Å². The van der Waals surface area contributed by atoms with Gasteiger partial charge in [0.2, 0.25) is 0 Å². The molecule has 8 heteroatoms. The minimum Gasteiger partial charge on any atom is -0.490 e. The average molecular weight is 678 g/mol. The number of imidazole rings is 1. The number of aliphatic hydroxyl groups excluding tert-OH is 1. The van der Waals surface area contributed by atoms with E-state index in [9.17, 15) is 5.11 Å². The van der Waals surface area contributed by atoms with E-state index >= 15 is 0 Å². The second kappa shape index (κ2) is 9.69. The number of aromatic nitrogens is 4. The molecule has 0 spiro atoms. The van der Waals surface area contributed by atoms with Gasteiger partial charge in [-0.1, -0.05) is 54.1 Å². The maximum absolute atomic E-state index is 11.2. The molecule has 5 heterocycles. The molecule has 0 bridgehead atoms. The topological polar surface area (TPSA) is 59.6 Å². The average Bonchev–Trinajstić information content (AvgIpc) is 3.45. The molecule has 0 unspecified atom stereocenters. The maximum Gasteiger partial charge on any atom is 2.00 e. The van der Waals surface area contributed by atoms with Crippen molar-refractivity contribution in [2.24, 2.45) is 0 Å². The van der Waals surface area contributed by atoms with Crippen LogP contribution in [0.15, 0.2) is 127 Å². The van der Waals surface area contributed by atoms with E-state index in [1.165, 1.54) is 0 Å². The van der Waals surface area contributed by atoms with Crippen LogP contribution in [0.3, 0.4) is 0 Å². The number of benzene rings is 2.